The van der Waals surface area contributed by atoms with Gasteiger partial charge < -0.3 is 29.4 Å². The van der Waals surface area contributed by atoms with Gasteiger partial charge in [-0.2, -0.15) is 0 Å². The third kappa shape index (κ3) is 11.2. The van der Waals surface area contributed by atoms with Gasteiger partial charge in [0.25, 0.3) is 0 Å². The molecular weight excluding hydrogens is 890 g/mol. The average Bonchev–Trinajstić information content (AvgIpc) is 3.68. The number of aryl methyl sites for hydroxylation is 1. The minimum atomic E-state index is -4.78. The van der Waals surface area contributed by atoms with Crippen LogP contribution in [0.5, 0.6) is 17.2 Å². The Morgan fingerprint density at radius 3 is 2.17 bits per heavy atom. The van der Waals surface area contributed by atoms with Gasteiger partial charge in [-0.25, -0.2) is 0 Å². The summed E-state index contributed by atoms with van der Waals surface area (Å²) in [5.41, 5.74) is 6.42. The fourth-order valence-electron chi connectivity index (χ4n) is 9.02. The van der Waals surface area contributed by atoms with Gasteiger partial charge in [-0.1, -0.05) is 53.5 Å². The molecule has 0 atom stereocenters. The van der Waals surface area contributed by atoms with Gasteiger partial charge in [0.2, 0.25) is 5.91 Å². The van der Waals surface area contributed by atoms with Crippen molar-refractivity contribution in [1.29, 1.82) is 0 Å². The molecule has 0 aliphatic carbocycles. The number of hydrogen-bond acceptors (Lipinski definition) is 9. The summed E-state index contributed by atoms with van der Waals surface area (Å²) < 4.78 is 56.7. The molecule has 0 radical (unpaired) electrons. The lowest BCUT2D eigenvalue weighted by Gasteiger charge is -2.37. The zero-order valence-electron chi connectivity index (χ0n) is 37.0. The number of nitrogens with one attached hydrogen (secondary N) is 3. The topological polar surface area (TPSA) is 105 Å². The lowest BCUT2D eigenvalue weighted by molar-refractivity contribution is -0.274. The van der Waals surface area contributed by atoms with Crippen molar-refractivity contribution in [2.75, 3.05) is 60.0 Å². The number of carbonyl (C=O) groups excluding carboxylic acids is 1. The molecule has 66 heavy (non-hydrogen) atoms. The smallest absolute Gasteiger partial charge is 0.496 e. The summed E-state index contributed by atoms with van der Waals surface area (Å²) in [7, 11) is 3.24. The quantitative estimate of drug-likeness (QED) is 0.0773. The van der Waals surface area contributed by atoms with Gasteiger partial charge in [-0.15, -0.1) is 13.2 Å². The molecule has 0 bridgehead atoms. The molecule has 3 N–H and O–H groups in total. The summed E-state index contributed by atoms with van der Waals surface area (Å²) in [6.45, 7) is 7.85. The van der Waals surface area contributed by atoms with Crippen LogP contribution in [-0.4, -0.2) is 97.2 Å². The van der Waals surface area contributed by atoms with E-state index >= 15 is 0 Å². The molecule has 0 saturated carbocycles. The molecule has 2 aliphatic heterocycles. The van der Waals surface area contributed by atoms with Crippen LogP contribution in [0.4, 0.5) is 13.2 Å². The molecule has 1 amide bonds. The fraction of sp³-hybridized carbons (Fsp3) is 0.360. The summed E-state index contributed by atoms with van der Waals surface area (Å²) in [6, 6.07) is 27.6. The molecule has 11 nitrogen and oxygen atoms in total. The third-order valence-corrected chi connectivity index (χ3v) is 13.3. The Kier molecular flexibility index (Phi) is 15.1. The standard InChI is InChI=1S/C50H54Cl2F3N7O4/c1-64-45-8-4-9-46(65-2)47(45)43-29-34(16-20-57-43)30-59-49(17-21-56-22-18-49)48(63)58-19-5-23-62-33-39(36-11-13-37(14-12-36)66-50(53,54)55)38-28-35(10-15-44(38)62)31-60-24-26-61(27-25-60)32-40-41(51)6-3-7-42(40)52/h3-4,6-16,20,28-29,33,56,59H,5,17-19,21-27,30-32H2,1-2H3,(H,58,63). The summed E-state index contributed by atoms with van der Waals surface area (Å²) >= 11 is 12.9. The molecule has 8 rings (SSSR count). The molecule has 4 heterocycles. The average molecular weight is 945 g/mol. The number of aromatic nitrogens is 2. The number of ether oxygens (including phenoxy) is 3. The molecule has 0 spiro atoms. The summed E-state index contributed by atoms with van der Waals surface area (Å²) in [5, 5.41) is 12.6. The third-order valence-electron chi connectivity index (χ3n) is 12.6. The highest BCUT2D eigenvalue weighted by Gasteiger charge is 2.39. The molecule has 4 aromatic carbocycles. The van der Waals surface area contributed by atoms with Crippen LogP contribution in [0.3, 0.4) is 0 Å². The van der Waals surface area contributed by atoms with Gasteiger partial charge in [-0.3, -0.25) is 24.9 Å². The molecular formula is C50H54Cl2F3N7O4. The number of nitrogens with zero attached hydrogens (tertiary/aromatic N) is 4. The van der Waals surface area contributed by atoms with E-state index in [1.165, 1.54) is 12.1 Å². The van der Waals surface area contributed by atoms with Crippen LogP contribution >= 0.6 is 23.2 Å². The van der Waals surface area contributed by atoms with E-state index in [0.717, 1.165) is 77.0 Å². The number of benzene rings is 4. The first-order chi connectivity index (χ1) is 31.9. The highest BCUT2D eigenvalue weighted by Crippen LogP contribution is 2.38. The van der Waals surface area contributed by atoms with Crippen LogP contribution in [0.2, 0.25) is 10.0 Å². The monoisotopic (exact) mass is 943 g/mol. The summed E-state index contributed by atoms with van der Waals surface area (Å²) in [6.07, 6.45) is 0.936. The Morgan fingerprint density at radius 2 is 1.50 bits per heavy atom. The number of hydrogen-bond donors (Lipinski definition) is 3. The SMILES string of the molecule is COc1cccc(OC)c1-c1cc(CNC2(C(=O)NCCCn3cc(-c4ccc(OC(F)(F)F)cc4)c4cc(CN5CCN(Cc6c(Cl)cccc6Cl)CC5)ccc43)CCNCC2)ccn1. The maximum Gasteiger partial charge on any atom is 0.573 e. The van der Waals surface area contributed by atoms with Crippen molar-refractivity contribution in [3.63, 3.8) is 0 Å². The Morgan fingerprint density at radius 1 is 0.833 bits per heavy atom. The lowest BCUT2D eigenvalue weighted by Crippen LogP contribution is -2.61. The number of pyridine rings is 1. The Labute approximate surface area is 393 Å². The Bertz CT molecular complexity index is 2570. The minimum absolute atomic E-state index is 0.0398. The molecule has 0 unspecified atom stereocenters. The second kappa shape index (κ2) is 21.1. The second-order valence-corrected chi connectivity index (χ2v) is 17.6. The van der Waals surface area contributed by atoms with E-state index in [1.807, 2.05) is 54.7 Å². The zero-order valence-corrected chi connectivity index (χ0v) is 38.5. The maximum absolute atomic E-state index is 14.1. The van der Waals surface area contributed by atoms with E-state index in [1.54, 1.807) is 32.5 Å². The minimum Gasteiger partial charge on any atom is -0.496 e. The van der Waals surface area contributed by atoms with Crippen LogP contribution in [0.15, 0.2) is 103 Å². The molecule has 6 aromatic rings. The van der Waals surface area contributed by atoms with Gasteiger partial charge in [-0.05, 0) is 110 Å². The summed E-state index contributed by atoms with van der Waals surface area (Å²) in [4.78, 5) is 23.5. The van der Waals surface area contributed by atoms with Gasteiger partial charge >= 0.3 is 6.36 Å². The Balaban J connectivity index is 0.938. The number of piperazine rings is 1. The van der Waals surface area contributed by atoms with Crippen molar-refractivity contribution in [2.24, 2.45) is 0 Å². The number of piperidine rings is 1. The van der Waals surface area contributed by atoms with Crippen LogP contribution in [0, 0.1) is 0 Å². The fourth-order valence-corrected chi connectivity index (χ4v) is 9.54. The van der Waals surface area contributed by atoms with Crippen molar-refractivity contribution in [2.45, 2.75) is 57.3 Å². The number of fused-ring (bicyclic) bond motifs is 1. The van der Waals surface area contributed by atoms with Crippen molar-refractivity contribution in [3.05, 3.63) is 130 Å². The first kappa shape index (κ1) is 47.2. The number of rotatable bonds is 17. The predicted octanol–water partition coefficient (Wildman–Crippen LogP) is 9.33. The molecule has 2 saturated heterocycles. The second-order valence-electron chi connectivity index (χ2n) is 16.8. The molecule has 2 aliphatic rings. The highest BCUT2D eigenvalue weighted by atomic mass is 35.5. The van der Waals surface area contributed by atoms with E-state index in [-0.39, 0.29) is 11.7 Å². The number of amides is 1. The highest BCUT2D eigenvalue weighted by molar-refractivity contribution is 6.36. The van der Waals surface area contributed by atoms with Crippen molar-refractivity contribution >= 4 is 40.0 Å². The number of halogens is 5. The zero-order chi connectivity index (χ0) is 46.3. The number of methoxy groups -OCH3 is 2. The number of alkyl halides is 3. The van der Waals surface area contributed by atoms with Crippen molar-refractivity contribution in [3.8, 4) is 39.6 Å². The van der Waals surface area contributed by atoms with Crippen LogP contribution in [0.25, 0.3) is 33.3 Å². The molecule has 2 fully saturated rings. The van der Waals surface area contributed by atoms with Gasteiger partial charge in [0.1, 0.15) is 22.8 Å². The van der Waals surface area contributed by atoms with E-state index in [4.69, 9.17) is 32.7 Å². The van der Waals surface area contributed by atoms with Crippen LogP contribution < -0.4 is 30.2 Å². The van der Waals surface area contributed by atoms with Gasteiger partial charge in [0.05, 0.1) is 25.5 Å². The van der Waals surface area contributed by atoms with Crippen LogP contribution in [0.1, 0.15) is 36.0 Å². The van der Waals surface area contributed by atoms with E-state index in [0.29, 0.717) is 85.8 Å². The Hall–Kier alpha value is -5.35. The van der Waals surface area contributed by atoms with E-state index in [2.05, 4.69) is 58.2 Å². The van der Waals surface area contributed by atoms with Crippen molar-refractivity contribution in [1.82, 2.24) is 35.3 Å². The van der Waals surface area contributed by atoms with Crippen molar-refractivity contribution < 1.29 is 32.2 Å². The molecule has 348 valence electrons. The molecule has 2 aromatic heterocycles. The normalized spacial score (nSPS) is 15.7. The van der Waals surface area contributed by atoms with E-state index in [9.17, 15) is 18.0 Å². The molecule has 16 heteroatoms. The van der Waals surface area contributed by atoms with Crippen LogP contribution in [-0.2, 0) is 31.0 Å². The largest absolute Gasteiger partial charge is 0.573 e. The van der Waals surface area contributed by atoms with Gasteiger partial charge in [0.15, 0.2) is 0 Å². The predicted molar refractivity (Wildman–Crippen MR) is 253 cm³/mol. The first-order valence-electron chi connectivity index (χ1n) is 22.2. The van der Waals surface area contributed by atoms with E-state index < -0.39 is 11.9 Å². The summed E-state index contributed by atoms with van der Waals surface area (Å²) in [5.74, 6) is 0.994. The maximum atomic E-state index is 14.1. The first-order valence-corrected chi connectivity index (χ1v) is 22.9. The number of carbonyl (C=O) groups is 1. The lowest BCUT2D eigenvalue weighted by atomic mass is 9.87. The van der Waals surface area contributed by atoms with Gasteiger partial charge in [0, 0.05) is 103 Å².